The van der Waals surface area contributed by atoms with Crippen LogP contribution in [-0.4, -0.2) is 49.8 Å². The first-order valence-electron chi connectivity index (χ1n) is 12.1. The van der Waals surface area contributed by atoms with Crippen LogP contribution in [0.1, 0.15) is 30.0 Å². The second-order valence-electron chi connectivity index (χ2n) is 8.81. The molecule has 0 aliphatic carbocycles. The zero-order chi connectivity index (χ0) is 26.4. The van der Waals surface area contributed by atoms with Gasteiger partial charge >= 0.3 is 0 Å². The van der Waals surface area contributed by atoms with E-state index in [9.17, 15) is 14.4 Å². The molecule has 0 spiro atoms. The number of carbonyl (C=O) groups is 3. The first-order chi connectivity index (χ1) is 17.9. The average Bonchev–Trinajstić information content (AvgIpc) is 3.03. The maximum Gasteiger partial charge on any atom is 0.272 e. The largest absolute Gasteiger partial charge is 0.497 e. The Morgan fingerprint density at radius 2 is 1.76 bits per heavy atom. The molecule has 3 aromatic rings. The molecule has 0 aromatic heterocycles. The van der Waals surface area contributed by atoms with E-state index in [-0.39, 0.29) is 18.2 Å². The number of nitrogens with one attached hydrogen (secondary N) is 2. The zero-order valence-corrected chi connectivity index (χ0v) is 21.1. The van der Waals surface area contributed by atoms with Crippen molar-refractivity contribution >= 4 is 29.1 Å². The molecule has 190 valence electrons. The number of carbonyl (C=O) groups excluding carboxylic acids is 3. The van der Waals surface area contributed by atoms with Crippen molar-refractivity contribution in [2.75, 3.05) is 19.1 Å². The molecule has 0 unspecified atom stereocenters. The van der Waals surface area contributed by atoms with Crippen molar-refractivity contribution < 1.29 is 19.1 Å². The van der Waals surface area contributed by atoms with Crippen molar-refractivity contribution in [1.29, 1.82) is 0 Å². The third-order valence-electron chi connectivity index (χ3n) is 6.22. The predicted molar refractivity (Wildman–Crippen MR) is 143 cm³/mol. The van der Waals surface area contributed by atoms with Gasteiger partial charge in [0.05, 0.1) is 18.5 Å². The van der Waals surface area contributed by atoms with Gasteiger partial charge in [-0.2, -0.15) is 0 Å². The molecule has 2 N–H and O–H groups in total. The van der Waals surface area contributed by atoms with Crippen molar-refractivity contribution in [2.24, 2.45) is 4.99 Å². The van der Waals surface area contributed by atoms with Crippen LogP contribution in [0, 0.1) is 0 Å². The lowest BCUT2D eigenvalue weighted by atomic mass is 10.0. The van der Waals surface area contributed by atoms with Crippen LogP contribution in [0.5, 0.6) is 5.75 Å². The van der Waals surface area contributed by atoms with E-state index in [1.54, 1.807) is 21.1 Å². The molecule has 8 heteroatoms. The summed E-state index contributed by atoms with van der Waals surface area (Å²) in [5.74, 6) is -0.413. The van der Waals surface area contributed by atoms with Crippen molar-refractivity contribution in [1.82, 2.24) is 10.6 Å². The minimum Gasteiger partial charge on any atom is -0.497 e. The number of rotatable bonds is 8. The molecular weight excluding hydrogens is 468 g/mol. The van der Waals surface area contributed by atoms with E-state index in [1.807, 2.05) is 78.9 Å². The number of benzodiazepines with no additional fused rings is 1. The number of nitrogens with zero attached hydrogens (tertiary/aromatic N) is 2. The highest BCUT2D eigenvalue weighted by atomic mass is 16.5. The fourth-order valence-electron chi connectivity index (χ4n) is 4.17. The number of methoxy groups -OCH3 is 1. The van der Waals surface area contributed by atoms with Crippen molar-refractivity contribution in [3.8, 4) is 5.75 Å². The Bertz CT molecular complexity index is 1320. The SMILES string of the molecule is COc1cccc(CCC(=O)N[C@@H](C)C(=O)N[C@H]2N=C(c3ccccc3)c3ccccc3N(C)C2=O)c1. The molecule has 8 nitrogen and oxygen atoms in total. The summed E-state index contributed by atoms with van der Waals surface area (Å²) in [6, 6.07) is 23.7. The zero-order valence-electron chi connectivity index (χ0n) is 21.1. The lowest BCUT2D eigenvalue weighted by Crippen LogP contribution is -2.52. The second-order valence-corrected chi connectivity index (χ2v) is 8.81. The molecular formula is C29H30N4O4. The summed E-state index contributed by atoms with van der Waals surface area (Å²) in [5, 5.41) is 5.43. The van der Waals surface area contributed by atoms with E-state index in [0.717, 1.165) is 22.4 Å². The Kier molecular flexibility index (Phi) is 7.98. The molecule has 0 fully saturated rings. The average molecular weight is 499 g/mol. The molecule has 37 heavy (non-hydrogen) atoms. The highest BCUT2D eigenvalue weighted by Gasteiger charge is 2.32. The lowest BCUT2D eigenvalue weighted by molar-refractivity contribution is -0.130. The lowest BCUT2D eigenvalue weighted by Gasteiger charge is -2.22. The van der Waals surface area contributed by atoms with Gasteiger partial charge in [-0.15, -0.1) is 0 Å². The third kappa shape index (κ3) is 6.03. The van der Waals surface area contributed by atoms with Gasteiger partial charge in [-0.1, -0.05) is 60.7 Å². The van der Waals surface area contributed by atoms with Crippen LogP contribution in [0.15, 0.2) is 83.9 Å². The number of amides is 3. The van der Waals surface area contributed by atoms with E-state index in [4.69, 9.17) is 4.74 Å². The van der Waals surface area contributed by atoms with Crippen LogP contribution >= 0.6 is 0 Å². The molecule has 0 bridgehead atoms. The van der Waals surface area contributed by atoms with E-state index in [2.05, 4.69) is 15.6 Å². The minimum atomic E-state index is -1.14. The molecule has 1 aliphatic rings. The normalized spacial score (nSPS) is 15.6. The summed E-state index contributed by atoms with van der Waals surface area (Å²) in [4.78, 5) is 45.0. The Labute approximate surface area is 216 Å². The summed E-state index contributed by atoms with van der Waals surface area (Å²) in [7, 11) is 3.25. The quantitative estimate of drug-likeness (QED) is 0.499. The predicted octanol–water partition coefficient (Wildman–Crippen LogP) is 3.09. The van der Waals surface area contributed by atoms with Gasteiger partial charge in [-0.05, 0) is 37.1 Å². The number of ether oxygens (including phenoxy) is 1. The Morgan fingerprint density at radius 1 is 1.03 bits per heavy atom. The molecule has 1 aliphatic heterocycles. The van der Waals surface area contributed by atoms with Gasteiger partial charge in [0.25, 0.3) is 5.91 Å². The number of hydrogen-bond acceptors (Lipinski definition) is 5. The molecule has 4 rings (SSSR count). The molecule has 3 aromatic carbocycles. The summed E-state index contributed by atoms with van der Waals surface area (Å²) < 4.78 is 5.22. The Morgan fingerprint density at radius 3 is 2.51 bits per heavy atom. The van der Waals surface area contributed by atoms with Crippen molar-refractivity contribution in [3.63, 3.8) is 0 Å². The van der Waals surface area contributed by atoms with Gasteiger partial charge in [0, 0.05) is 24.6 Å². The number of aryl methyl sites for hydroxylation is 1. The number of benzene rings is 3. The molecule has 1 heterocycles. The van der Waals surface area contributed by atoms with Crippen molar-refractivity contribution in [2.45, 2.75) is 32.0 Å². The topological polar surface area (TPSA) is 100 Å². The summed E-state index contributed by atoms with van der Waals surface area (Å²) in [6.07, 6.45) is -0.426. The Hall–Kier alpha value is -4.46. The summed E-state index contributed by atoms with van der Waals surface area (Å²) in [6.45, 7) is 1.58. The number of fused-ring (bicyclic) bond motifs is 1. The van der Waals surface area contributed by atoms with Crippen molar-refractivity contribution in [3.05, 3.63) is 95.6 Å². The number of aliphatic imine (C=N–C) groups is 1. The fourth-order valence-corrected chi connectivity index (χ4v) is 4.17. The molecule has 3 amide bonds. The van der Waals surface area contributed by atoms with E-state index in [0.29, 0.717) is 17.8 Å². The fraction of sp³-hybridized carbons (Fsp3) is 0.241. The van der Waals surface area contributed by atoms with Crippen LogP contribution in [0.25, 0.3) is 0 Å². The van der Waals surface area contributed by atoms with Gasteiger partial charge in [0.1, 0.15) is 11.8 Å². The minimum absolute atomic E-state index is 0.210. The first kappa shape index (κ1) is 25.6. The molecule has 2 atom stereocenters. The summed E-state index contributed by atoms with van der Waals surface area (Å²) >= 11 is 0. The molecule has 0 saturated heterocycles. The van der Waals surface area contributed by atoms with Gasteiger partial charge in [0.15, 0.2) is 0 Å². The number of hydrogen-bond donors (Lipinski definition) is 2. The summed E-state index contributed by atoms with van der Waals surface area (Å²) in [5.41, 5.74) is 3.89. The van der Waals surface area contributed by atoms with Gasteiger partial charge in [-0.25, -0.2) is 4.99 Å². The van der Waals surface area contributed by atoms with Gasteiger partial charge < -0.3 is 20.3 Å². The van der Waals surface area contributed by atoms with Gasteiger partial charge in [0.2, 0.25) is 18.0 Å². The van der Waals surface area contributed by atoms with Crippen LogP contribution in [0.4, 0.5) is 5.69 Å². The monoisotopic (exact) mass is 498 g/mol. The van der Waals surface area contributed by atoms with Crippen LogP contribution in [0.3, 0.4) is 0 Å². The smallest absolute Gasteiger partial charge is 0.272 e. The highest BCUT2D eigenvalue weighted by Crippen LogP contribution is 2.27. The molecule has 0 saturated carbocycles. The third-order valence-corrected chi connectivity index (χ3v) is 6.22. The number of anilines is 1. The number of para-hydroxylation sites is 1. The standard InChI is InChI=1S/C29H30N4O4/c1-19(30-25(34)17-16-20-10-9-13-22(18-20)37-3)28(35)32-27-29(36)33(2)24-15-8-7-14-23(24)26(31-27)21-11-5-4-6-12-21/h4-15,18-19,27H,16-17H2,1-3H3,(H,30,34)(H,32,35)/t19-,27+/m0/s1. The van der Waals surface area contributed by atoms with Crippen LogP contribution < -0.4 is 20.3 Å². The second kappa shape index (κ2) is 11.5. The van der Waals surface area contributed by atoms with Gasteiger partial charge in [-0.3, -0.25) is 14.4 Å². The van der Waals surface area contributed by atoms with E-state index < -0.39 is 18.1 Å². The van der Waals surface area contributed by atoms with Crippen LogP contribution in [0.2, 0.25) is 0 Å². The number of likely N-dealkylation sites (N-methyl/N-ethyl adjacent to an activating group) is 1. The highest BCUT2D eigenvalue weighted by molar-refractivity contribution is 6.20. The van der Waals surface area contributed by atoms with E-state index >= 15 is 0 Å². The maximum absolute atomic E-state index is 13.3. The van der Waals surface area contributed by atoms with E-state index in [1.165, 1.54) is 4.90 Å². The maximum atomic E-state index is 13.3. The molecule has 0 radical (unpaired) electrons. The van der Waals surface area contributed by atoms with Crippen LogP contribution in [-0.2, 0) is 20.8 Å². The Balaban J connectivity index is 1.46. The first-order valence-corrected chi connectivity index (χ1v) is 12.1.